The van der Waals surface area contributed by atoms with Gasteiger partial charge in [-0.25, -0.2) is 0 Å². The van der Waals surface area contributed by atoms with E-state index in [0.29, 0.717) is 0 Å². The fourth-order valence-electron chi connectivity index (χ4n) is 3.93. The summed E-state index contributed by atoms with van der Waals surface area (Å²) in [6.45, 7) is -0.644. The molecule has 1 aliphatic carbocycles. The highest BCUT2D eigenvalue weighted by Crippen LogP contribution is 2.41. The van der Waals surface area contributed by atoms with Crippen molar-refractivity contribution < 1.29 is 49.6 Å². The quantitative estimate of drug-likeness (QED) is 0.315. The first-order valence-corrected chi connectivity index (χ1v) is 9.39. The molecule has 0 unspecified atom stereocenters. The van der Waals surface area contributed by atoms with Crippen molar-refractivity contribution in [1.82, 2.24) is 0 Å². The lowest BCUT2D eigenvalue weighted by Crippen LogP contribution is -2.59. The molecule has 0 bridgehead atoms. The maximum absolute atomic E-state index is 13.1. The van der Waals surface area contributed by atoms with Crippen LogP contribution in [-0.2, 0) is 9.47 Å². The Hall–Kier alpha value is -2.25. The third-order valence-electron chi connectivity index (χ3n) is 5.50. The van der Waals surface area contributed by atoms with Crippen LogP contribution in [0.15, 0.2) is 21.3 Å². The minimum atomic E-state index is -1.67. The molecule has 7 atom stereocenters. The smallest absolute Gasteiger partial charge is 0.202 e. The van der Waals surface area contributed by atoms with Crippen LogP contribution in [0.5, 0.6) is 11.5 Å². The molecule has 2 aliphatic rings. The molecular formula is C19H22O11. The maximum atomic E-state index is 13.1. The van der Waals surface area contributed by atoms with Gasteiger partial charge in [0.15, 0.2) is 6.29 Å². The van der Waals surface area contributed by atoms with E-state index in [0.717, 1.165) is 12.1 Å². The SMILES string of the molecule is O=c1c2c(oc3cc(O)cc(O)c13)[C@@H](O)CC[C@H]2O[C@@H]1O[C@H](CO)[C@@H](O)[C@H](O)[C@H]1O. The van der Waals surface area contributed by atoms with Crippen LogP contribution >= 0.6 is 0 Å². The zero-order chi connectivity index (χ0) is 21.7. The van der Waals surface area contributed by atoms with Gasteiger partial charge >= 0.3 is 0 Å². The molecule has 164 valence electrons. The lowest BCUT2D eigenvalue weighted by Gasteiger charge is -2.41. The van der Waals surface area contributed by atoms with Gasteiger partial charge in [0.05, 0.1) is 18.3 Å². The molecule has 2 aromatic rings. The predicted octanol–water partition coefficient (Wildman–Crippen LogP) is -1.11. The number of phenolic OH excluding ortho intramolecular Hbond substituents is 2. The topological polar surface area (TPSA) is 190 Å². The first kappa shape index (κ1) is 21.0. The summed E-state index contributed by atoms with van der Waals surface area (Å²) in [6, 6.07) is 2.10. The molecule has 0 radical (unpaired) electrons. The highest BCUT2D eigenvalue weighted by molar-refractivity contribution is 5.85. The van der Waals surface area contributed by atoms with Crippen LogP contribution in [0.4, 0.5) is 0 Å². The zero-order valence-corrected chi connectivity index (χ0v) is 15.6. The molecule has 1 fully saturated rings. The second-order valence-electron chi connectivity index (χ2n) is 7.46. The summed E-state index contributed by atoms with van der Waals surface area (Å²) < 4.78 is 16.6. The minimum Gasteiger partial charge on any atom is -0.508 e. The molecule has 0 spiro atoms. The summed E-state index contributed by atoms with van der Waals surface area (Å²) in [5, 5.41) is 69.2. The van der Waals surface area contributed by atoms with Crippen LogP contribution < -0.4 is 5.43 Å². The highest BCUT2D eigenvalue weighted by Gasteiger charge is 2.46. The monoisotopic (exact) mass is 426 g/mol. The molecule has 1 aromatic carbocycles. The number of fused-ring (bicyclic) bond motifs is 2. The maximum Gasteiger partial charge on any atom is 0.202 e. The van der Waals surface area contributed by atoms with E-state index in [1.54, 1.807) is 0 Å². The lowest BCUT2D eigenvalue weighted by molar-refractivity contribution is -0.314. The van der Waals surface area contributed by atoms with E-state index in [1.165, 1.54) is 0 Å². The largest absolute Gasteiger partial charge is 0.508 e. The van der Waals surface area contributed by atoms with Gasteiger partial charge in [0, 0.05) is 12.1 Å². The molecule has 7 N–H and O–H groups in total. The summed E-state index contributed by atoms with van der Waals surface area (Å²) in [6.07, 6.45) is -9.50. The predicted molar refractivity (Wildman–Crippen MR) is 97.6 cm³/mol. The molecule has 1 aliphatic heterocycles. The summed E-state index contributed by atoms with van der Waals surface area (Å²) in [7, 11) is 0. The van der Waals surface area contributed by atoms with Gasteiger partial charge in [0.2, 0.25) is 5.43 Å². The number of aromatic hydroxyl groups is 2. The van der Waals surface area contributed by atoms with Gasteiger partial charge in [0.1, 0.15) is 58.7 Å². The molecule has 30 heavy (non-hydrogen) atoms. The van der Waals surface area contributed by atoms with E-state index in [1.807, 2.05) is 0 Å². The fourth-order valence-corrected chi connectivity index (χ4v) is 3.93. The van der Waals surface area contributed by atoms with Gasteiger partial charge in [-0.1, -0.05) is 0 Å². The molecule has 1 aromatic heterocycles. The number of aliphatic hydroxyl groups is 5. The fraction of sp³-hybridized carbons (Fsp3) is 0.526. The minimum absolute atomic E-state index is 0.0980. The van der Waals surface area contributed by atoms with E-state index in [2.05, 4.69) is 0 Å². The Kier molecular flexibility index (Phi) is 5.45. The molecule has 0 amide bonds. The van der Waals surface area contributed by atoms with Crippen molar-refractivity contribution in [3.63, 3.8) is 0 Å². The number of hydrogen-bond acceptors (Lipinski definition) is 11. The van der Waals surface area contributed by atoms with Gasteiger partial charge in [0.25, 0.3) is 0 Å². The van der Waals surface area contributed by atoms with Crippen molar-refractivity contribution in [3.05, 3.63) is 33.7 Å². The van der Waals surface area contributed by atoms with E-state index in [9.17, 15) is 40.5 Å². The number of benzene rings is 1. The van der Waals surface area contributed by atoms with Crippen molar-refractivity contribution in [2.75, 3.05) is 6.61 Å². The molecule has 11 nitrogen and oxygen atoms in total. The zero-order valence-electron chi connectivity index (χ0n) is 15.6. The summed E-state index contributed by atoms with van der Waals surface area (Å²) in [5.74, 6) is -0.964. The van der Waals surface area contributed by atoms with E-state index >= 15 is 0 Å². The summed E-state index contributed by atoms with van der Waals surface area (Å²) >= 11 is 0. The summed E-state index contributed by atoms with van der Waals surface area (Å²) in [5.41, 5.74) is -0.917. The normalized spacial score (nSPS) is 34.1. The Morgan fingerprint density at radius 1 is 1.03 bits per heavy atom. The number of phenols is 2. The van der Waals surface area contributed by atoms with E-state index < -0.39 is 60.7 Å². The van der Waals surface area contributed by atoms with E-state index in [4.69, 9.17) is 13.9 Å². The molecule has 0 saturated carbocycles. The Labute approximate surface area is 169 Å². The van der Waals surface area contributed by atoms with Crippen molar-refractivity contribution in [2.24, 2.45) is 0 Å². The average Bonchev–Trinajstić information content (AvgIpc) is 2.69. The van der Waals surface area contributed by atoms with Gasteiger partial charge in [-0.2, -0.15) is 0 Å². The lowest BCUT2D eigenvalue weighted by atomic mass is 9.90. The number of aliphatic hydroxyl groups excluding tert-OH is 5. The standard InChI is InChI=1S/C19H22O11/c20-5-11-14(24)16(26)17(27)19(30-11)29-9-2-1-7(22)18-13(9)15(25)12-8(23)3-6(21)4-10(12)28-18/h3-4,7,9,11,14,16-17,19-24,26-27H,1-2,5H2/t7-,9+,11+,14+,16-,17+,19+/m0/s1. The second kappa shape index (κ2) is 7.78. The van der Waals surface area contributed by atoms with Crippen LogP contribution in [0.3, 0.4) is 0 Å². The van der Waals surface area contributed by atoms with Gasteiger partial charge in [-0.05, 0) is 12.8 Å². The first-order valence-electron chi connectivity index (χ1n) is 9.39. The molecule has 2 heterocycles. The number of ether oxygens (including phenoxy) is 2. The van der Waals surface area contributed by atoms with Crippen LogP contribution in [0.2, 0.25) is 0 Å². The Balaban J connectivity index is 1.75. The van der Waals surface area contributed by atoms with Crippen molar-refractivity contribution in [1.29, 1.82) is 0 Å². The van der Waals surface area contributed by atoms with E-state index in [-0.39, 0.29) is 40.9 Å². The summed E-state index contributed by atoms with van der Waals surface area (Å²) in [4.78, 5) is 13.1. The molecule has 11 heteroatoms. The Morgan fingerprint density at radius 3 is 2.47 bits per heavy atom. The Bertz CT molecular complexity index is 1000. The molecule has 1 saturated heterocycles. The average molecular weight is 426 g/mol. The molecular weight excluding hydrogens is 404 g/mol. The number of hydrogen-bond donors (Lipinski definition) is 7. The van der Waals surface area contributed by atoms with Crippen molar-refractivity contribution in [2.45, 2.75) is 55.8 Å². The molecule has 4 rings (SSSR count). The second-order valence-corrected chi connectivity index (χ2v) is 7.46. The van der Waals surface area contributed by atoms with Crippen molar-refractivity contribution >= 4 is 11.0 Å². The van der Waals surface area contributed by atoms with Crippen LogP contribution in [0, 0.1) is 0 Å². The third-order valence-corrected chi connectivity index (χ3v) is 5.50. The van der Waals surface area contributed by atoms with Gasteiger partial charge in [-0.3, -0.25) is 4.79 Å². The Morgan fingerprint density at radius 2 is 1.77 bits per heavy atom. The van der Waals surface area contributed by atoms with Gasteiger partial charge < -0.3 is 49.6 Å². The van der Waals surface area contributed by atoms with Crippen LogP contribution in [-0.4, -0.2) is 73.1 Å². The highest BCUT2D eigenvalue weighted by atomic mass is 16.7. The van der Waals surface area contributed by atoms with Gasteiger partial charge in [-0.15, -0.1) is 0 Å². The van der Waals surface area contributed by atoms with Crippen molar-refractivity contribution in [3.8, 4) is 11.5 Å². The van der Waals surface area contributed by atoms with Crippen LogP contribution in [0.25, 0.3) is 11.0 Å². The third kappa shape index (κ3) is 3.34. The first-order chi connectivity index (χ1) is 14.2. The number of rotatable bonds is 3. The van der Waals surface area contributed by atoms with Crippen LogP contribution in [0.1, 0.15) is 36.4 Å².